The van der Waals surface area contributed by atoms with Gasteiger partial charge in [-0.15, -0.1) is 0 Å². The molecule has 1 nitrogen and oxygen atoms in total. The van der Waals surface area contributed by atoms with E-state index < -0.39 is 0 Å². The van der Waals surface area contributed by atoms with Crippen LogP contribution < -0.4 is 5.73 Å². The van der Waals surface area contributed by atoms with Gasteiger partial charge in [0.2, 0.25) is 0 Å². The average Bonchev–Trinajstić information content (AvgIpc) is 2.77. The van der Waals surface area contributed by atoms with Crippen LogP contribution >= 0.6 is 0 Å². The molecule has 2 N–H and O–H groups in total. The van der Waals surface area contributed by atoms with Crippen LogP contribution in [0.25, 0.3) is 0 Å². The fourth-order valence-electron chi connectivity index (χ4n) is 2.37. The Balaban J connectivity index is 1.93. The van der Waals surface area contributed by atoms with Gasteiger partial charge in [-0.3, -0.25) is 0 Å². The van der Waals surface area contributed by atoms with Crippen LogP contribution in [0.15, 0.2) is 0 Å². The Morgan fingerprint density at radius 1 is 1.09 bits per heavy atom. The van der Waals surface area contributed by atoms with E-state index in [2.05, 4.69) is 6.92 Å². The normalized spacial score (nSPS) is 45.8. The van der Waals surface area contributed by atoms with Crippen LogP contribution in [0.2, 0.25) is 0 Å². The maximum absolute atomic E-state index is 6.33. The van der Waals surface area contributed by atoms with Gasteiger partial charge < -0.3 is 5.73 Å². The van der Waals surface area contributed by atoms with E-state index in [1.807, 2.05) is 0 Å². The largest absolute Gasteiger partial charge is 0.325 e. The summed E-state index contributed by atoms with van der Waals surface area (Å²) in [5, 5.41) is 0. The summed E-state index contributed by atoms with van der Waals surface area (Å²) in [6, 6.07) is 0. The highest BCUT2D eigenvalue weighted by molar-refractivity contribution is 5.00. The van der Waals surface area contributed by atoms with Crippen LogP contribution in [-0.2, 0) is 0 Å². The van der Waals surface area contributed by atoms with Gasteiger partial charge in [0.25, 0.3) is 0 Å². The quantitative estimate of drug-likeness (QED) is 0.614. The lowest BCUT2D eigenvalue weighted by molar-refractivity contribution is 0.218. The summed E-state index contributed by atoms with van der Waals surface area (Å²) < 4.78 is 0. The average molecular weight is 153 g/mol. The van der Waals surface area contributed by atoms with Gasteiger partial charge in [-0.1, -0.05) is 6.92 Å². The summed E-state index contributed by atoms with van der Waals surface area (Å²) in [7, 11) is 0. The lowest BCUT2D eigenvalue weighted by atomic mass is 9.75. The highest BCUT2D eigenvalue weighted by atomic mass is 14.8. The first-order valence-corrected chi connectivity index (χ1v) is 4.99. The molecule has 0 amide bonds. The van der Waals surface area contributed by atoms with Crippen LogP contribution in [0.1, 0.15) is 45.4 Å². The van der Waals surface area contributed by atoms with Crippen molar-refractivity contribution in [3.8, 4) is 0 Å². The monoisotopic (exact) mass is 153 g/mol. The second-order valence-corrected chi connectivity index (χ2v) is 4.69. The van der Waals surface area contributed by atoms with Crippen molar-refractivity contribution in [1.82, 2.24) is 0 Å². The minimum absolute atomic E-state index is 0.270. The summed E-state index contributed by atoms with van der Waals surface area (Å²) in [5.41, 5.74) is 6.60. The Morgan fingerprint density at radius 2 is 1.64 bits per heavy atom. The molecule has 0 heterocycles. The molecule has 2 fully saturated rings. The van der Waals surface area contributed by atoms with Crippen molar-refractivity contribution in [2.45, 2.75) is 51.0 Å². The van der Waals surface area contributed by atoms with Gasteiger partial charge in [0.1, 0.15) is 0 Å². The maximum Gasteiger partial charge on any atom is 0.0183 e. The lowest BCUT2D eigenvalue weighted by Gasteiger charge is -2.36. The molecular formula is C10H19N. The van der Waals surface area contributed by atoms with Crippen LogP contribution in [0.5, 0.6) is 0 Å². The first kappa shape index (κ1) is 7.60. The third-order valence-corrected chi connectivity index (χ3v) is 3.60. The van der Waals surface area contributed by atoms with Crippen molar-refractivity contribution in [1.29, 1.82) is 0 Å². The summed E-state index contributed by atoms with van der Waals surface area (Å²) >= 11 is 0. The predicted molar refractivity (Wildman–Crippen MR) is 47.3 cm³/mol. The molecule has 0 atom stereocenters. The van der Waals surface area contributed by atoms with Crippen molar-refractivity contribution in [2.75, 3.05) is 0 Å². The zero-order chi connectivity index (χ0) is 7.90. The number of hydrogen-bond donors (Lipinski definition) is 1. The molecule has 64 valence electrons. The molecule has 2 aliphatic carbocycles. The Bertz CT molecular complexity index is 141. The van der Waals surface area contributed by atoms with Crippen molar-refractivity contribution in [2.24, 2.45) is 17.6 Å². The molecule has 0 radical (unpaired) electrons. The van der Waals surface area contributed by atoms with Crippen molar-refractivity contribution in [3.05, 3.63) is 0 Å². The molecule has 2 saturated carbocycles. The smallest absolute Gasteiger partial charge is 0.0183 e. The van der Waals surface area contributed by atoms with Gasteiger partial charge in [0.15, 0.2) is 0 Å². The van der Waals surface area contributed by atoms with Crippen LogP contribution in [0.3, 0.4) is 0 Å². The number of hydrogen-bond acceptors (Lipinski definition) is 1. The molecule has 0 aromatic carbocycles. The summed E-state index contributed by atoms with van der Waals surface area (Å²) in [6.07, 6.45) is 8.13. The molecule has 0 saturated heterocycles. The molecule has 0 bridgehead atoms. The molecule has 0 unspecified atom stereocenters. The molecule has 0 aliphatic heterocycles. The van der Waals surface area contributed by atoms with E-state index in [4.69, 9.17) is 5.73 Å². The molecule has 2 rings (SSSR count). The van der Waals surface area contributed by atoms with Crippen molar-refractivity contribution < 1.29 is 0 Å². The standard InChI is InChI=1S/C10H19N/c1-8-4-6-10(11,7-5-8)9-2-3-9/h8-9H,2-7,11H2,1H3. The third-order valence-electron chi connectivity index (χ3n) is 3.60. The second kappa shape index (κ2) is 2.48. The Kier molecular flexibility index (Phi) is 1.71. The third kappa shape index (κ3) is 1.44. The topological polar surface area (TPSA) is 26.0 Å². The summed E-state index contributed by atoms with van der Waals surface area (Å²) in [5.74, 6) is 1.83. The van der Waals surface area contributed by atoms with E-state index >= 15 is 0 Å². The summed E-state index contributed by atoms with van der Waals surface area (Å²) in [6.45, 7) is 2.35. The predicted octanol–water partition coefficient (Wildman–Crippen LogP) is 2.30. The summed E-state index contributed by atoms with van der Waals surface area (Å²) in [4.78, 5) is 0. The number of nitrogens with two attached hydrogens (primary N) is 1. The second-order valence-electron chi connectivity index (χ2n) is 4.69. The molecule has 2 aliphatic rings. The van der Waals surface area contributed by atoms with Gasteiger partial charge in [0.05, 0.1) is 0 Å². The van der Waals surface area contributed by atoms with Gasteiger partial charge in [-0.2, -0.15) is 0 Å². The highest BCUT2D eigenvalue weighted by Crippen LogP contribution is 2.46. The zero-order valence-corrected chi connectivity index (χ0v) is 7.47. The molecule has 0 aromatic heterocycles. The lowest BCUT2D eigenvalue weighted by Crippen LogP contribution is -2.45. The zero-order valence-electron chi connectivity index (χ0n) is 7.47. The first-order chi connectivity index (χ1) is 5.21. The van der Waals surface area contributed by atoms with Crippen LogP contribution in [0.4, 0.5) is 0 Å². The Labute approximate surface area is 69.4 Å². The van der Waals surface area contributed by atoms with Gasteiger partial charge in [0, 0.05) is 5.54 Å². The minimum Gasteiger partial charge on any atom is -0.325 e. The molecular weight excluding hydrogens is 134 g/mol. The van der Waals surface area contributed by atoms with Crippen LogP contribution in [-0.4, -0.2) is 5.54 Å². The molecule has 1 heteroatoms. The van der Waals surface area contributed by atoms with Crippen LogP contribution in [0, 0.1) is 11.8 Å². The maximum atomic E-state index is 6.33. The Hall–Kier alpha value is -0.0400. The van der Waals surface area contributed by atoms with E-state index in [1.54, 1.807) is 0 Å². The Morgan fingerprint density at radius 3 is 2.09 bits per heavy atom. The van der Waals surface area contributed by atoms with E-state index in [-0.39, 0.29) is 5.54 Å². The fraction of sp³-hybridized carbons (Fsp3) is 1.00. The van der Waals surface area contributed by atoms with Crippen molar-refractivity contribution in [3.63, 3.8) is 0 Å². The highest BCUT2D eigenvalue weighted by Gasteiger charge is 2.43. The van der Waals surface area contributed by atoms with Gasteiger partial charge in [-0.05, 0) is 50.4 Å². The van der Waals surface area contributed by atoms with E-state index in [0.717, 1.165) is 11.8 Å². The first-order valence-electron chi connectivity index (χ1n) is 4.99. The molecule has 0 spiro atoms. The fourth-order valence-corrected chi connectivity index (χ4v) is 2.37. The van der Waals surface area contributed by atoms with E-state index in [0.29, 0.717) is 0 Å². The molecule has 0 aromatic rings. The van der Waals surface area contributed by atoms with E-state index in [9.17, 15) is 0 Å². The number of rotatable bonds is 1. The van der Waals surface area contributed by atoms with E-state index in [1.165, 1.54) is 38.5 Å². The van der Waals surface area contributed by atoms with Gasteiger partial charge >= 0.3 is 0 Å². The van der Waals surface area contributed by atoms with Crippen molar-refractivity contribution >= 4 is 0 Å². The van der Waals surface area contributed by atoms with Gasteiger partial charge in [-0.25, -0.2) is 0 Å². The SMILES string of the molecule is CC1CCC(N)(C2CC2)CC1. The minimum atomic E-state index is 0.270. The molecule has 11 heavy (non-hydrogen) atoms.